The van der Waals surface area contributed by atoms with Gasteiger partial charge < -0.3 is 14.6 Å². The first kappa shape index (κ1) is 24.9. The van der Waals surface area contributed by atoms with Crippen molar-refractivity contribution >= 4 is 28.2 Å². The number of H-pyrrole nitrogens is 1. The van der Waals surface area contributed by atoms with E-state index >= 15 is 0 Å². The Kier molecular flexibility index (Phi) is 7.04. The molecule has 1 aliphatic heterocycles. The standard InChI is InChI=1S/C28H32ClN7O2/c1-38-23-10-11-25-19(16-23)17-24(28(37)30-25)26(27-31-32-33-36(27)21-7-3-2-4-8-21)35-14-12-34(13-15-35)22-9-5-6-20(29)18-22/h5-6,9-11,16-18,21,26H,2-4,7-8,12-15H2,1H3,(H,30,37). The van der Waals surface area contributed by atoms with E-state index in [0.29, 0.717) is 5.56 Å². The maximum Gasteiger partial charge on any atom is 0.253 e. The van der Waals surface area contributed by atoms with Gasteiger partial charge in [-0.3, -0.25) is 9.69 Å². The summed E-state index contributed by atoms with van der Waals surface area (Å²) in [6.45, 7) is 3.12. The molecule has 38 heavy (non-hydrogen) atoms. The Morgan fingerprint density at radius 2 is 1.84 bits per heavy atom. The lowest BCUT2D eigenvalue weighted by molar-refractivity contribution is 0.192. The van der Waals surface area contributed by atoms with Gasteiger partial charge in [-0.25, -0.2) is 4.68 Å². The minimum atomic E-state index is -0.368. The molecule has 2 aromatic heterocycles. The van der Waals surface area contributed by atoms with Crippen LogP contribution in [0.25, 0.3) is 10.9 Å². The van der Waals surface area contributed by atoms with Crippen molar-refractivity contribution < 1.29 is 4.74 Å². The zero-order chi connectivity index (χ0) is 26.1. The van der Waals surface area contributed by atoms with Crippen LogP contribution in [0, 0.1) is 0 Å². The summed E-state index contributed by atoms with van der Waals surface area (Å²) < 4.78 is 7.44. The molecule has 0 bridgehead atoms. The van der Waals surface area contributed by atoms with Crippen LogP contribution < -0.4 is 15.2 Å². The average Bonchev–Trinajstić information content (AvgIpc) is 3.43. The highest BCUT2D eigenvalue weighted by Crippen LogP contribution is 2.34. The maximum absolute atomic E-state index is 13.6. The molecular weight excluding hydrogens is 502 g/mol. The van der Waals surface area contributed by atoms with Crippen LogP contribution >= 0.6 is 11.6 Å². The molecule has 0 radical (unpaired) electrons. The number of anilines is 1. The molecule has 1 saturated carbocycles. The Labute approximate surface area is 226 Å². The number of nitrogens with zero attached hydrogens (tertiary/aromatic N) is 6. The van der Waals surface area contributed by atoms with Crippen molar-refractivity contribution in [2.75, 3.05) is 38.2 Å². The first-order chi connectivity index (χ1) is 18.6. The molecular formula is C28H32ClN7O2. The van der Waals surface area contributed by atoms with Crippen LogP contribution in [0.3, 0.4) is 0 Å². The number of pyridine rings is 1. The number of aromatic nitrogens is 5. The number of aromatic amines is 1. The number of benzene rings is 2. The fraction of sp³-hybridized carbons (Fsp3) is 0.429. The summed E-state index contributed by atoms with van der Waals surface area (Å²) >= 11 is 6.26. The highest BCUT2D eigenvalue weighted by atomic mass is 35.5. The SMILES string of the molecule is COc1ccc2[nH]c(=O)c(C(c3nnnn3C3CCCCC3)N3CCN(c4cccc(Cl)c4)CC3)cc2c1. The summed E-state index contributed by atoms with van der Waals surface area (Å²) in [4.78, 5) is 21.3. The van der Waals surface area contributed by atoms with Crippen molar-refractivity contribution in [3.63, 3.8) is 0 Å². The Morgan fingerprint density at radius 1 is 1.03 bits per heavy atom. The molecule has 1 unspecified atom stereocenters. The number of rotatable bonds is 6. The second-order valence-corrected chi connectivity index (χ2v) is 10.6. The van der Waals surface area contributed by atoms with Gasteiger partial charge in [0.2, 0.25) is 0 Å². The van der Waals surface area contributed by atoms with Crippen LogP contribution in [-0.4, -0.2) is 63.4 Å². The maximum atomic E-state index is 13.6. The molecule has 0 amide bonds. The molecule has 198 valence electrons. The molecule has 1 aliphatic carbocycles. The predicted molar refractivity (Wildman–Crippen MR) is 148 cm³/mol. The van der Waals surface area contributed by atoms with E-state index in [1.54, 1.807) is 7.11 Å². The average molecular weight is 534 g/mol. The Hall–Kier alpha value is -3.43. The van der Waals surface area contributed by atoms with Gasteiger partial charge in [-0.1, -0.05) is 36.9 Å². The van der Waals surface area contributed by atoms with Gasteiger partial charge in [-0.05, 0) is 65.7 Å². The number of piperazine rings is 1. The summed E-state index contributed by atoms with van der Waals surface area (Å²) in [5, 5.41) is 14.7. The Bertz CT molecular complexity index is 1470. The van der Waals surface area contributed by atoms with Gasteiger partial charge in [0, 0.05) is 53.4 Å². The third-order valence-electron chi connectivity index (χ3n) is 7.91. The van der Waals surface area contributed by atoms with Crippen LogP contribution in [0.2, 0.25) is 5.02 Å². The third kappa shape index (κ3) is 4.88. The Balaban J connectivity index is 1.39. The predicted octanol–water partition coefficient (Wildman–Crippen LogP) is 4.59. The van der Waals surface area contributed by atoms with Crippen molar-refractivity contribution in [2.24, 2.45) is 0 Å². The van der Waals surface area contributed by atoms with Crippen LogP contribution in [0.4, 0.5) is 5.69 Å². The van der Waals surface area contributed by atoms with Gasteiger partial charge in [0.05, 0.1) is 13.2 Å². The van der Waals surface area contributed by atoms with Crippen molar-refractivity contribution in [3.8, 4) is 5.75 Å². The number of fused-ring (bicyclic) bond motifs is 1. The summed E-state index contributed by atoms with van der Waals surface area (Å²) in [7, 11) is 1.65. The molecule has 3 heterocycles. The van der Waals surface area contributed by atoms with Crippen LogP contribution in [0.5, 0.6) is 5.75 Å². The van der Waals surface area contributed by atoms with Crippen molar-refractivity contribution in [1.82, 2.24) is 30.1 Å². The summed E-state index contributed by atoms with van der Waals surface area (Å²) in [6.07, 6.45) is 5.69. The van der Waals surface area contributed by atoms with E-state index < -0.39 is 0 Å². The van der Waals surface area contributed by atoms with Gasteiger partial charge in [0.1, 0.15) is 11.8 Å². The molecule has 2 aliphatic rings. The largest absolute Gasteiger partial charge is 0.497 e. The summed E-state index contributed by atoms with van der Waals surface area (Å²) in [5.74, 6) is 1.48. The molecule has 1 saturated heterocycles. The fourth-order valence-electron chi connectivity index (χ4n) is 5.91. The van der Waals surface area contributed by atoms with Crippen molar-refractivity contribution in [3.05, 3.63) is 75.3 Å². The number of ether oxygens (including phenoxy) is 1. The van der Waals surface area contributed by atoms with Crippen LogP contribution in [-0.2, 0) is 0 Å². The molecule has 9 nitrogen and oxygen atoms in total. The minimum absolute atomic E-state index is 0.122. The number of tetrazole rings is 1. The van der Waals surface area contributed by atoms with Gasteiger partial charge in [-0.15, -0.1) is 5.10 Å². The number of hydrogen-bond acceptors (Lipinski definition) is 7. The quantitative estimate of drug-likeness (QED) is 0.387. The highest BCUT2D eigenvalue weighted by molar-refractivity contribution is 6.30. The number of nitrogens with one attached hydrogen (secondary N) is 1. The summed E-state index contributed by atoms with van der Waals surface area (Å²) in [6, 6.07) is 15.5. The lowest BCUT2D eigenvalue weighted by Gasteiger charge is -2.40. The molecule has 0 spiro atoms. The second-order valence-electron chi connectivity index (χ2n) is 10.2. The minimum Gasteiger partial charge on any atom is -0.497 e. The monoisotopic (exact) mass is 533 g/mol. The second kappa shape index (κ2) is 10.7. The van der Waals surface area contributed by atoms with E-state index in [9.17, 15) is 4.79 Å². The van der Waals surface area contributed by atoms with E-state index in [0.717, 1.165) is 72.2 Å². The molecule has 2 fully saturated rings. The van der Waals surface area contributed by atoms with Gasteiger partial charge >= 0.3 is 0 Å². The normalized spacial score (nSPS) is 18.1. The Morgan fingerprint density at radius 3 is 2.61 bits per heavy atom. The number of hydrogen-bond donors (Lipinski definition) is 1. The van der Waals surface area contributed by atoms with E-state index in [4.69, 9.17) is 16.3 Å². The van der Waals surface area contributed by atoms with E-state index in [2.05, 4.69) is 36.4 Å². The topological polar surface area (TPSA) is 92.2 Å². The van der Waals surface area contributed by atoms with Crippen molar-refractivity contribution in [1.29, 1.82) is 0 Å². The third-order valence-corrected chi connectivity index (χ3v) is 8.15. The van der Waals surface area contributed by atoms with Gasteiger partial charge in [0.25, 0.3) is 5.56 Å². The van der Waals surface area contributed by atoms with E-state index in [1.807, 2.05) is 47.1 Å². The fourth-order valence-corrected chi connectivity index (χ4v) is 6.09. The lowest BCUT2D eigenvalue weighted by Crippen LogP contribution is -2.49. The molecule has 1 atom stereocenters. The van der Waals surface area contributed by atoms with E-state index in [1.165, 1.54) is 19.3 Å². The number of halogens is 1. The zero-order valence-electron chi connectivity index (χ0n) is 21.5. The van der Waals surface area contributed by atoms with E-state index in [-0.39, 0.29) is 17.6 Å². The molecule has 1 N–H and O–H groups in total. The highest BCUT2D eigenvalue weighted by Gasteiger charge is 2.34. The first-order valence-electron chi connectivity index (χ1n) is 13.3. The van der Waals surface area contributed by atoms with Crippen LogP contribution in [0.15, 0.2) is 53.3 Å². The van der Waals surface area contributed by atoms with Gasteiger partial charge in [0.15, 0.2) is 5.82 Å². The molecule has 10 heteroatoms. The first-order valence-corrected chi connectivity index (χ1v) is 13.7. The summed E-state index contributed by atoms with van der Waals surface area (Å²) in [5.41, 5.74) is 2.41. The molecule has 6 rings (SSSR count). The number of methoxy groups -OCH3 is 1. The van der Waals surface area contributed by atoms with Crippen LogP contribution in [0.1, 0.15) is 55.6 Å². The lowest BCUT2D eigenvalue weighted by atomic mass is 9.95. The molecule has 4 aromatic rings. The molecule has 2 aromatic carbocycles. The smallest absolute Gasteiger partial charge is 0.253 e. The zero-order valence-corrected chi connectivity index (χ0v) is 22.3. The van der Waals surface area contributed by atoms with Gasteiger partial charge in [-0.2, -0.15) is 0 Å². The van der Waals surface area contributed by atoms with Crippen molar-refractivity contribution in [2.45, 2.75) is 44.2 Å².